The third-order valence-electron chi connectivity index (χ3n) is 2.33. The van der Waals surface area contributed by atoms with E-state index < -0.39 is 5.54 Å². The maximum absolute atomic E-state index is 13.4. The second-order valence-electron chi connectivity index (χ2n) is 3.77. The van der Waals surface area contributed by atoms with E-state index in [4.69, 9.17) is 11.7 Å². The molecule has 0 aliphatic rings. The average Bonchev–Trinajstić information content (AvgIpc) is 2.30. The number of benzene rings is 1. The van der Waals surface area contributed by atoms with E-state index in [-0.39, 0.29) is 12.2 Å². The molecule has 0 heterocycles. The summed E-state index contributed by atoms with van der Waals surface area (Å²) in [5.41, 5.74) is -0.328. The van der Waals surface area contributed by atoms with Crippen LogP contribution in [-0.2, 0) is 6.42 Å². The standard InChI is InChI=1S/C13H13FN2/c1-3-8-16-13(2,10-15)9-11-6-4-5-7-12(11)14/h1,4-7,16H,8-9H2,2H3. The van der Waals surface area contributed by atoms with Gasteiger partial charge in [0.25, 0.3) is 0 Å². The van der Waals surface area contributed by atoms with Crippen molar-refractivity contribution in [2.75, 3.05) is 6.54 Å². The van der Waals surface area contributed by atoms with Gasteiger partial charge in [0.1, 0.15) is 11.4 Å². The van der Waals surface area contributed by atoms with Gasteiger partial charge in [-0.2, -0.15) is 5.26 Å². The highest BCUT2D eigenvalue weighted by molar-refractivity contribution is 5.23. The van der Waals surface area contributed by atoms with Gasteiger partial charge in [-0.25, -0.2) is 4.39 Å². The maximum atomic E-state index is 13.4. The van der Waals surface area contributed by atoms with E-state index in [1.807, 2.05) is 0 Å². The first kappa shape index (κ1) is 12.2. The van der Waals surface area contributed by atoms with Gasteiger partial charge in [0.2, 0.25) is 0 Å². The monoisotopic (exact) mass is 216 g/mol. The van der Waals surface area contributed by atoms with Crippen LogP contribution in [-0.4, -0.2) is 12.1 Å². The average molecular weight is 216 g/mol. The summed E-state index contributed by atoms with van der Waals surface area (Å²) in [7, 11) is 0. The number of nitrogens with zero attached hydrogens (tertiary/aromatic N) is 1. The molecule has 0 aromatic heterocycles. The fraction of sp³-hybridized carbons (Fsp3) is 0.308. The molecule has 0 spiro atoms. The minimum absolute atomic E-state index is 0.290. The second-order valence-corrected chi connectivity index (χ2v) is 3.77. The molecule has 0 aliphatic carbocycles. The van der Waals surface area contributed by atoms with Gasteiger partial charge in [-0.1, -0.05) is 24.1 Å². The highest BCUT2D eigenvalue weighted by Gasteiger charge is 2.24. The van der Waals surface area contributed by atoms with Crippen LogP contribution in [0.15, 0.2) is 24.3 Å². The summed E-state index contributed by atoms with van der Waals surface area (Å²) in [4.78, 5) is 0. The summed E-state index contributed by atoms with van der Waals surface area (Å²) in [5, 5.41) is 12.0. The van der Waals surface area contributed by atoms with E-state index in [1.54, 1.807) is 25.1 Å². The van der Waals surface area contributed by atoms with Crippen LogP contribution in [0.5, 0.6) is 0 Å². The summed E-state index contributed by atoms with van der Waals surface area (Å²) in [6.07, 6.45) is 5.41. The molecule has 3 heteroatoms. The number of hydrogen-bond donors (Lipinski definition) is 1. The highest BCUT2D eigenvalue weighted by Crippen LogP contribution is 2.15. The van der Waals surface area contributed by atoms with Gasteiger partial charge in [0.15, 0.2) is 0 Å². The molecule has 1 aromatic rings. The van der Waals surface area contributed by atoms with Gasteiger partial charge in [-0.3, -0.25) is 5.32 Å². The minimum Gasteiger partial charge on any atom is -0.288 e. The molecular weight excluding hydrogens is 203 g/mol. The lowest BCUT2D eigenvalue weighted by Gasteiger charge is -2.22. The maximum Gasteiger partial charge on any atom is 0.126 e. The molecule has 1 unspecified atom stereocenters. The molecule has 1 aromatic carbocycles. The number of terminal acetylenes is 1. The third kappa shape index (κ3) is 3.08. The van der Waals surface area contributed by atoms with Crippen molar-refractivity contribution < 1.29 is 4.39 Å². The zero-order chi connectivity index (χ0) is 12.0. The Morgan fingerprint density at radius 1 is 1.50 bits per heavy atom. The lowest BCUT2D eigenvalue weighted by Crippen LogP contribution is -2.43. The second kappa shape index (κ2) is 5.30. The van der Waals surface area contributed by atoms with Crippen molar-refractivity contribution in [2.45, 2.75) is 18.9 Å². The molecule has 1 rings (SSSR count). The van der Waals surface area contributed by atoms with Crippen molar-refractivity contribution in [3.05, 3.63) is 35.6 Å². The molecule has 0 bridgehead atoms. The number of hydrogen-bond acceptors (Lipinski definition) is 2. The largest absolute Gasteiger partial charge is 0.288 e. The van der Waals surface area contributed by atoms with Crippen molar-refractivity contribution in [3.63, 3.8) is 0 Å². The fourth-order valence-electron chi connectivity index (χ4n) is 1.41. The number of nitrogens with one attached hydrogen (secondary N) is 1. The Morgan fingerprint density at radius 2 is 2.19 bits per heavy atom. The smallest absolute Gasteiger partial charge is 0.126 e. The summed E-state index contributed by atoms with van der Waals surface area (Å²) >= 11 is 0. The van der Waals surface area contributed by atoms with Crippen molar-refractivity contribution in [2.24, 2.45) is 0 Å². The summed E-state index contributed by atoms with van der Waals surface area (Å²) in [5.74, 6) is 2.10. The molecule has 0 aliphatic heterocycles. The Labute approximate surface area is 95.1 Å². The summed E-state index contributed by atoms with van der Waals surface area (Å²) in [6.45, 7) is 2.00. The molecule has 0 radical (unpaired) electrons. The van der Waals surface area contributed by atoms with Crippen LogP contribution in [0.25, 0.3) is 0 Å². The molecule has 0 fully saturated rings. The number of rotatable bonds is 4. The highest BCUT2D eigenvalue weighted by atomic mass is 19.1. The van der Waals surface area contributed by atoms with Crippen LogP contribution in [0, 0.1) is 29.5 Å². The molecule has 1 N–H and O–H groups in total. The fourth-order valence-corrected chi connectivity index (χ4v) is 1.41. The third-order valence-corrected chi connectivity index (χ3v) is 2.33. The van der Waals surface area contributed by atoms with Crippen molar-refractivity contribution >= 4 is 0 Å². The van der Waals surface area contributed by atoms with E-state index in [9.17, 15) is 4.39 Å². The molecule has 0 saturated heterocycles. The van der Waals surface area contributed by atoms with Crippen LogP contribution >= 0.6 is 0 Å². The van der Waals surface area contributed by atoms with Crippen LogP contribution in [0.1, 0.15) is 12.5 Å². The first-order valence-corrected chi connectivity index (χ1v) is 4.94. The molecule has 0 amide bonds. The normalized spacial score (nSPS) is 13.5. The van der Waals surface area contributed by atoms with Crippen LogP contribution in [0.3, 0.4) is 0 Å². The molecular formula is C13H13FN2. The van der Waals surface area contributed by atoms with E-state index in [0.717, 1.165) is 0 Å². The predicted molar refractivity (Wildman–Crippen MR) is 61.0 cm³/mol. The quantitative estimate of drug-likeness (QED) is 0.780. The molecule has 82 valence electrons. The summed E-state index contributed by atoms with van der Waals surface area (Å²) < 4.78 is 13.4. The SMILES string of the molecule is C#CCNC(C)(C#N)Cc1ccccc1F. The van der Waals surface area contributed by atoms with Crippen molar-refractivity contribution in [3.8, 4) is 18.4 Å². The Kier molecular flexibility index (Phi) is 4.05. The van der Waals surface area contributed by atoms with E-state index in [0.29, 0.717) is 12.1 Å². The zero-order valence-corrected chi connectivity index (χ0v) is 9.13. The van der Waals surface area contributed by atoms with Gasteiger partial charge >= 0.3 is 0 Å². The number of halogens is 1. The Morgan fingerprint density at radius 3 is 2.75 bits per heavy atom. The van der Waals surface area contributed by atoms with Gasteiger partial charge in [-0.15, -0.1) is 6.42 Å². The molecule has 0 saturated carbocycles. The van der Waals surface area contributed by atoms with Crippen LogP contribution < -0.4 is 5.32 Å². The first-order valence-electron chi connectivity index (χ1n) is 4.94. The lowest BCUT2D eigenvalue weighted by molar-refractivity contribution is 0.460. The van der Waals surface area contributed by atoms with Crippen LogP contribution in [0.2, 0.25) is 0 Å². The first-order chi connectivity index (χ1) is 7.61. The van der Waals surface area contributed by atoms with Gasteiger partial charge in [0, 0.05) is 6.42 Å². The molecule has 1 atom stereocenters. The topological polar surface area (TPSA) is 35.8 Å². The predicted octanol–water partition coefficient (Wildman–Crippen LogP) is 1.87. The van der Waals surface area contributed by atoms with E-state index in [2.05, 4.69) is 17.3 Å². The Hall–Kier alpha value is -1.84. The van der Waals surface area contributed by atoms with Crippen LogP contribution in [0.4, 0.5) is 4.39 Å². The van der Waals surface area contributed by atoms with Gasteiger partial charge in [-0.05, 0) is 18.6 Å². The Bertz CT molecular complexity index is 442. The van der Waals surface area contributed by atoms with Gasteiger partial charge in [0.05, 0.1) is 12.6 Å². The summed E-state index contributed by atoms with van der Waals surface area (Å²) in [6, 6.07) is 8.54. The van der Waals surface area contributed by atoms with Crippen molar-refractivity contribution in [1.82, 2.24) is 5.32 Å². The van der Waals surface area contributed by atoms with Crippen molar-refractivity contribution in [1.29, 1.82) is 5.26 Å². The lowest BCUT2D eigenvalue weighted by atomic mass is 9.94. The van der Waals surface area contributed by atoms with Gasteiger partial charge < -0.3 is 0 Å². The van der Waals surface area contributed by atoms with E-state index >= 15 is 0 Å². The molecule has 16 heavy (non-hydrogen) atoms. The minimum atomic E-state index is -0.839. The Balaban J connectivity index is 2.83. The number of nitriles is 1. The molecule has 2 nitrogen and oxygen atoms in total. The zero-order valence-electron chi connectivity index (χ0n) is 9.13. The van der Waals surface area contributed by atoms with E-state index in [1.165, 1.54) is 6.07 Å².